The van der Waals surface area contributed by atoms with Gasteiger partial charge < -0.3 is 4.40 Å². The lowest BCUT2D eigenvalue weighted by molar-refractivity contribution is 0.900. The third-order valence-electron chi connectivity index (χ3n) is 4.21. The normalized spacial score (nSPS) is 12.1. The zero-order valence-electron chi connectivity index (χ0n) is 12.8. The summed E-state index contributed by atoms with van der Waals surface area (Å²) in [5.41, 5.74) is 4.21. The number of nitrogens with zero attached hydrogens (tertiary/aromatic N) is 3. The molecule has 0 saturated carbocycles. The van der Waals surface area contributed by atoms with Crippen LogP contribution in [0.15, 0.2) is 60.8 Å². The monoisotopic (exact) mass is 327 g/mol. The fourth-order valence-electron chi connectivity index (χ4n) is 3.12. The van der Waals surface area contributed by atoms with Gasteiger partial charge in [0.15, 0.2) is 0 Å². The molecule has 0 unspecified atom stereocenters. The number of benzene rings is 2. The zero-order valence-corrected chi connectivity index (χ0v) is 13.6. The molecule has 0 radical (unpaired) electrons. The number of rotatable bonds is 3. The molecule has 4 heteroatoms. The minimum atomic E-state index is -0.428. The molecule has 1 atom stereocenters. The van der Waals surface area contributed by atoms with Crippen LogP contribution in [0.4, 0.5) is 0 Å². The molecule has 4 aromatic rings. The van der Waals surface area contributed by atoms with Gasteiger partial charge in [-0.25, -0.2) is 0 Å². The van der Waals surface area contributed by atoms with Crippen LogP contribution in [0.25, 0.3) is 26.2 Å². The smallest absolute Gasteiger partial charge is 0.105 e. The summed E-state index contributed by atoms with van der Waals surface area (Å²) in [6, 6.07) is 22.8. The Morgan fingerprint density at radius 3 is 2.50 bits per heavy atom. The van der Waals surface area contributed by atoms with E-state index in [1.165, 1.54) is 4.70 Å². The molecule has 0 bridgehead atoms. The van der Waals surface area contributed by atoms with Crippen LogP contribution in [-0.4, -0.2) is 4.40 Å². The number of thiazole rings is 1. The Bertz CT molecular complexity index is 1110. The predicted molar refractivity (Wildman–Crippen MR) is 96.8 cm³/mol. The van der Waals surface area contributed by atoms with Crippen LogP contribution in [-0.2, 0) is 0 Å². The summed E-state index contributed by atoms with van der Waals surface area (Å²) < 4.78 is 3.33. The Hall–Kier alpha value is -3.08. The number of para-hydroxylation sites is 1. The van der Waals surface area contributed by atoms with E-state index in [1.807, 2.05) is 42.5 Å². The molecule has 0 fully saturated rings. The highest BCUT2D eigenvalue weighted by atomic mass is 32.1. The summed E-state index contributed by atoms with van der Waals surface area (Å²) in [7, 11) is 0. The Morgan fingerprint density at radius 2 is 1.75 bits per heavy atom. The minimum absolute atomic E-state index is 0.199. The van der Waals surface area contributed by atoms with Crippen molar-refractivity contribution >= 4 is 26.4 Å². The van der Waals surface area contributed by atoms with Crippen molar-refractivity contribution in [3.05, 3.63) is 66.4 Å². The lowest BCUT2D eigenvalue weighted by Gasteiger charge is -2.07. The second kappa shape index (κ2) is 5.85. The molecule has 0 N–H and O–H groups in total. The highest BCUT2D eigenvalue weighted by molar-refractivity contribution is 7.24. The van der Waals surface area contributed by atoms with Crippen LogP contribution in [0, 0.1) is 22.7 Å². The highest BCUT2D eigenvalue weighted by Gasteiger charge is 2.23. The molecule has 2 aromatic heterocycles. The third kappa shape index (κ3) is 2.17. The number of hydrogen-bond donors (Lipinski definition) is 0. The minimum Gasteiger partial charge on any atom is -0.306 e. The van der Waals surface area contributed by atoms with Crippen molar-refractivity contribution < 1.29 is 0 Å². The SMILES string of the molecule is N#CC[C@H](C#N)c1c(-c2ccccc2)cn2c1sc1ccccc12. The highest BCUT2D eigenvalue weighted by Crippen LogP contribution is 2.41. The molecule has 4 rings (SSSR count). The number of hydrogen-bond acceptors (Lipinski definition) is 3. The van der Waals surface area contributed by atoms with Crippen LogP contribution >= 0.6 is 11.3 Å². The first-order valence-electron chi connectivity index (χ1n) is 7.68. The van der Waals surface area contributed by atoms with Crippen LogP contribution in [0.1, 0.15) is 17.9 Å². The van der Waals surface area contributed by atoms with Crippen LogP contribution in [0.2, 0.25) is 0 Å². The van der Waals surface area contributed by atoms with Gasteiger partial charge in [0.25, 0.3) is 0 Å². The molecule has 0 aliphatic carbocycles. The van der Waals surface area contributed by atoms with E-state index in [0.717, 1.165) is 27.0 Å². The van der Waals surface area contributed by atoms with E-state index < -0.39 is 5.92 Å². The van der Waals surface area contributed by atoms with Crippen LogP contribution < -0.4 is 0 Å². The Labute approximate surface area is 143 Å². The molecule has 0 aliphatic heterocycles. The fraction of sp³-hybridized carbons (Fsp3) is 0.100. The zero-order chi connectivity index (χ0) is 16.5. The van der Waals surface area contributed by atoms with E-state index in [4.69, 9.17) is 5.26 Å². The summed E-state index contributed by atoms with van der Waals surface area (Å²) in [5.74, 6) is -0.428. The molecule has 114 valence electrons. The van der Waals surface area contributed by atoms with Gasteiger partial charge in [0.1, 0.15) is 4.83 Å². The largest absolute Gasteiger partial charge is 0.306 e. The van der Waals surface area contributed by atoms with Gasteiger partial charge in [-0.15, -0.1) is 11.3 Å². The molecule has 0 saturated heterocycles. The lowest BCUT2D eigenvalue weighted by atomic mass is 9.93. The molecule has 2 heterocycles. The van der Waals surface area contributed by atoms with Gasteiger partial charge in [-0.3, -0.25) is 0 Å². The topological polar surface area (TPSA) is 52.0 Å². The van der Waals surface area contributed by atoms with Gasteiger partial charge in [0, 0.05) is 17.3 Å². The first-order chi connectivity index (χ1) is 11.8. The van der Waals surface area contributed by atoms with Gasteiger partial charge in [-0.05, 0) is 17.7 Å². The molecule has 2 aromatic carbocycles. The van der Waals surface area contributed by atoms with E-state index in [1.54, 1.807) is 11.3 Å². The Morgan fingerprint density at radius 1 is 1.00 bits per heavy atom. The standard InChI is InChI=1S/C20H13N3S/c21-11-10-15(12-22)19-16(14-6-2-1-3-7-14)13-23-17-8-4-5-9-18(17)24-20(19)23/h1-9,13,15H,10H2/t15-/m1/s1. The maximum Gasteiger partial charge on any atom is 0.105 e. The van der Waals surface area contributed by atoms with Crippen molar-refractivity contribution in [2.45, 2.75) is 12.3 Å². The molecular formula is C20H13N3S. The maximum atomic E-state index is 9.63. The number of fused-ring (bicyclic) bond motifs is 3. The molecule has 0 amide bonds. The molecule has 0 aliphatic rings. The fourth-order valence-corrected chi connectivity index (χ4v) is 4.36. The van der Waals surface area contributed by atoms with Gasteiger partial charge in [-0.2, -0.15) is 10.5 Å². The van der Waals surface area contributed by atoms with Crippen molar-refractivity contribution in [3.8, 4) is 23.3 Å². The predicted octanol–water partition coefficient (Wildman–Crippen LogP) is 5.34. The van der Waals surface area contributed by atoms with Crippen molar-refractivity contribution in [2.75, 3.05) is 0 Å². The maximum absolute atomic E-state index is 9.63. The number of aromatic nitrogens is 1. The van der Waals surface area contributed by atoms with Crippen molar-refractivity contribution in [1.29, 1.82) is 10.5 Å². The van der Waals surface area contributed by atoms with E-state index in [-0.39, 0.29) is 6.42 Å². The summed E-state index contributed by atoms with van der Waals surface area (Å²) in [6.45, 7) is 0. The quantitative estimate of drug-likeness (QED) is 0.510. The van der Waals surface area contributed by atoms with Gasteiger partial charge in [-0.1, -0.05) is 42.5 Å². The first kappa shape index (κ1) is 14.5. The summed E-state index contributed by atoms with van der Waals surface area (Å²) in [4.78, 5) is 1.05. The van der Waals surface area contributed by atoms with E-state index in [2.05, 4.69) is 34.9 Å². The average Bonchev–Trinajstić information content (AvgIpc) is 3.17. The van der Waals surface area contributed by atoms with E-state index >= 15 is 0 Å². The molecule has 3 nitrogen and oxygen atoms in total. The summed E-state index contributed by atoms with van der Waals surface area (Å²) in [6.07, 6.45) is 2.30. The van der Waals surface area contributed by atoms with E-state index in [0.29, 0.717) is 0 Å². The van der Waals surface area contributed by atoms with Crippen molar-refractivity contribution in [1.82, 2.24) is 4.40 Å². The van der Waals surface area contributed by atoms with Gasteiger partial charge in [0.05, 0.1) is 34.7 Å². The van der Waals surface area contributed by atoms with Crippen LogP contribution in [0.3, 0.4) is 0 Å². The Kier molecular flexibility index (Phi) is 3.54. The second-order valence-electron chi connectivity index (χ2n) is 5.61. The van der Waals surface area contributed by atoms with Gasteiger partial charge in [0.2, 0.25) is 0 Å². The number of nitriles is 2. The van der Waals surface area contributed by atoms with Crippen molar-refractivity contribution in [3.63, 3.8) is 0 Å². The lowest BCUT2D eigenvalue weighted by Crippen LogP contribution is -1.95. The first-order valence-corrected chi connectivity index (χ1v) is 8.49. The van der Waals surface area contributed by atoms with Crippen molar-refractivity contribution in [2.24, 2.45) is 0 Å². The summed E-state index contributed by atoms with van der Waals surface area (Å²) in [5, 5.41) is 18.8. The molecule has 24 heavy (non-hydrogen) atoms. The third-order valence-corrected chi connectivity index (χ3v) is 5.39. The second-order valence-corrected chi connectivity index (χ2v) is 6.64. The summed E-state index contributed by atoms with van der Waals surface area (Å²) >= 11 is 1.68. The van der Waals surface area contributed by atoms with Gasteiger partial charge >= 0.3 is 0 Å². The van der Waals surface area contributed by atoms with Crippen LogP contribution in [0.5, 0.6) is 0 Å². The Balaban J connectivity index is 2.08. The molecule has 0 spiro atoms. The average molecular weight is 327 g/mol. The van der Waals surface area contributed by atoms with E-state index in [9.17, 15) is 5.26 Å². The molecular weight excluding hydrogens is 314 g/mol.